The van der Waals surface area contributed by atoms with E-state index in [0.717, 1.165) is 11.1 Å². The van der Waals surface area contributed by atoms with Crippen LogP contribution in [0, 0.1) is 11.8 Å². The van der Waals surface area contributed by atoms with E-state index in [2.05, 4.69) is 15.9 Å². The number of carbonyl (C=O) groups is 3. The van der Waals surface area contributed by atoms with Gasteiger partial charge < -0.3 is 28.5 Å². The van der Waals surface area contributed by atoms with Crippen LogP contribution in [0.4, 0.5) is 4.79 Å². The van der Waals surface area contributed by atoms with Gasteiger partial charge in [-0.15, -0.1) is 0 Å². The van der Waals surface area contributed by atoms with Crippen LogP contribution in [-0.4, -0.2) is 65.5 Å². The van der Waals surface area contributed by atoms with Crippen molar-refractivity contribution in [2.75, 3.05) is 19.8 Å². The van der Waals surface area contributed by atoms with Crippen molar-refractivity contribution in [2.45, 2.75) is 84.3 Å². The molecule has 11 heteroatoms. The lowest BCUT2D eigenvalue weighted by Crippen LogP contribution is -2.51. The number of imide groups is 1. The lowest BCUT2D eigenvalue weighted by molar-refractivity contribution is -0.156. The first-order valence-electron chi connectivity index (χ1n) is 16.3. The second-order valence-corrected chi connectivity index (χ2v) is 13.7. The van der Waals surface area contributed by atoms with Gasteiger partial charge in [-0.1, -0.05) is 74.5 Å². The molecule has 1 aliphatic heterocycles. The van der Waals surface area contributed by atoms with E-state index >= 15 is 0 Å². The summed E-state index contributed by atoms with van der Waals surface area (Å²) in [7, 11) is 0. The molecule has 260 valence electrons. The fourth-order valence-corrected chi connectivity index (χ4v) is 6.71. The molecule has 10 nitrogen and oxygen atoms in total. The van der Waals surface area contributed by atoms with E-state index in [1.807, 2.05) is 74.5 Å². The molecule has 0 spiro atoms. The fourth-order valence-electron chi connectivity index (χ4n) is 6.20. The normalized spacial score (nSPS) is 17.6. The Kier molecular flexibility index (Phi) is 13.4. The molecule has 1 aromatic heterocycles. The van der Waals surface area contributed by atoms with E-state index in [1.165, 1.54) is 11.8 Å². The van der Waals surface area contributed by atoms with E-state index in [4.69, 9.17) is 23.4 Å². The molecule has 2 heterocycles. The standard InChI is InChI=1S/C37H46BrNO9/c1-24(2)34-37(4,5)48-36(43)39(34)35(42)29(19-26-13-8-6-9-14-26)33(46-25(3)41)32-20-30(38)31(47-32)17-12-18-44-23-28(21-40)45-22-27-15-10-7-11-16-27/h6-11,13-16,20,24,28-29,33-34,40H,12,17-19,21-23H2,1-5H3/t28-,29-,33-,34-/m1/s1. The van der Waals surface area contributed by atoms with Crippen molar-refractivity contribution in [3.63, 3.8) is 0 Å². The third-order valence-electron chi connectivity index (χ3n) is 8.27. The number of hydrogen-bond donors (Lipinski definition) is 1. The number of benzene rings is 2. The van der Waals surface area contributed by atoms with Crippen LogP contribution < -0.4 is 0 Å². The van der Waals surface area contributed by atoms with Crippen molar-refractivity contribution in [1.82, 2.24) is 4.90 Å². The van der Waals surface area contributed by atoms with Crippen molar-refractivity contribution in [1.29, 1.82) is 0 Å². The molecular weight excluding hydrogens is 682 g/mol. The van der Waals surface area contributed by atoms with Gasteiger partial charge in [0.15, 0.2) is 6.10 Å². The minimum atomic E-state index is -1.12. The topological polar surface area (TPSA) is 125 Å². The van der Waals surface area contributed by atoms with E-state index in [1.54, 1.807) is 19.9 Å². The largest absolute Gasteiger partial charge is 0.461 e. The van der Waals surface area contributed by atoms with Gasteiger partial charge >= 0.3 is 12.1 Å². The van der Waals surface area contributed by atoms with Crippen LogP contribution in [-0.2, 0) is 48.0 Å². The molecule has 0 saturated carbocycles. The van der Waals surface area contributed by atoms with E-state index in [-0.39, 0.29) is 31.3 Å². The van der Waals surface area contributed by atoms with Gasteiger partial charge in [0.05, 0.1) is 36.3 Å². The lowest BCUT2D eigenvalue weighted by Gasteiger charge is -2.34. The minimum Gasteiger partial charge on any atom is -0.461 e. The number of aryl methyl sites for hydroxylation is 1. The van der Waals surface area contributed by atoms with Crippen LogP contribution in [0.2, 0.25) is 0 Å². The van der Waals surface area contributed by atoms with Gasteiger partial charge in [-0.2, -0.15) is 0 Å². The Morgan fingerprint density at radius 1 is 1.04 bits per heavy atom. The van der Waals surface area contributed by atoms with Crippen LogP contribution in [0.5, 0.6) is 0 Å². The van der Waals surface area contributed by atoms with Crippen molar-refractivity contribution >= 4 is 33.9 Å². The molecule has 3 aromatic rings. The molecule has 0 aliphatic carbocycles. The third-order valence-corrected chi connectivity index (χ3v) is 8.94. The number of carbonyl (C=O) groups excluding carboxylic acids is 3. The molecule has 1 fully saturated rings. The van der Waals surface area contributed by atoms with Crippen LogP contribution in [0.3, 0.4) is 0 Å². The summed E-state index contributed by atoms with van der Waals surface area (Å²) in [6, 6.07) is 20.3. The molecule has 2 amide bonds. The van der Waals surface area contributed by atoms with Crippen molar-refractivity contribution in [3.05, 3.63) is 93.9 Å². The van der Waals surface area contributed by atoms with Gasteiger partial charge in [0.2, 0.25) is 5.91 Å². The summed E-state index contributed by atoms with van der Waals surface area (Å²) < 4.78 is 30.0. The highest BCUT2D eigenvalue weighted by Crippen LogP contribution is 2.40. The highest BCUT2D eigenvalue weighted by Gasteiger charge is 2.54. The maximum atomic E-state index is 14.4. The zero-order valence-electron chi connectivity index (χ0n) is 28.2. The summed E-state index contributed by atoms with van der Waals surface area (Å²) >= 11 is 3.57. The minimum absolute atomic E-state index is 0.0883. The number of hydrogen-bond acceptors (Lipinski definition) is 9. The van der Waals surface area contributed by atoms with Crippen molar-refractivity contribution in [2.24, 2.45) is 11.8 Å². The van der Waals surface area contributed by atoms with Crippen LogP contribution >= 0.6 is 15.9 Å². The SMILES string of the molecule is CC(=O)O[C@@H](c1cc(Br)c(CCCOC[C@@H](CO)OCc2ccccc2)o1)[C@@H](Cc1ccccc1)C(=O)N1C(=O)OC(C)(C)[C@H]1C(C)C. The van der Waals surface area contributed by atoms with Gasteiger partial charge in [-0.05, 0) is 65.7 Å². The molecule has 48 heavy (non-hydrogen) atoms. The van der Waals surface area contributed by atoms with Crippen LogP contribution in [0.25, 0.3) is 0 Å². The molecule has 0 bridgehead atoms. The predicted molar refractivity (Wildman–Crippen MR) is 182 cm³/mol. The van der Waals surface area contributed by atoms with E-state index < -0.39 is 47.7 Å². The van der Waals surface area contributed by atoms with Crippen molar-refractivity contribution < 1.29 is 42.9 Å². The van der Waals surface area contributed by atoms with Crippen LogP contribution in [0.15, 0.2) is 75.6 Å². The number of halogens is 1. The Bertz CT molecular complexity index is 1490. The first-order chi connectivity index (χ1) is 22.9. The monoisotopic (exact) mass is 727 g/mol. The maximum Gasteiger partial charge on any atom is 0.417 e. The Labute approximate surface area is 290 Å². The summed E-state index contributed by atoms with van der Waals surface area (Å²) in [6.07, 6.45) is -1.03. The zero-order chi connectivity index (χ0) is 34.8. The Morgan fingerprint density at radius 2 is 1.69 bits per heavy atom. The number of aliphatic hydroxyl groups excluding tert-OH is 1. The Hall–Kier alpha value is -3.51. The highest BCUT2D eigenvalue weighted by atomic mass is 79.9. The van der Waals surface area contributed by atoms with Gasteiger partial charge in [-0.25, -0.2) is 9.69 Å². The summed E-state index contributed by atoms with van der Waals surface area (Å²) in [4.78, 5) is 41.3. The summed E-state index contributed by atoms with van der Waals surface area (Å²) in [6.45, 7) is 9.57. The van der Waals surface area contributed by atoms with Gasteiger partial charge in [0, 0.05) is 20.0 Å². The Balaban J connectivity index is 1.49. The predicted octanol–water partition coefficient (Wildman–Crippen LogP) is 6.81. The molecule has 4 rings (SSSR count). The average Bonchev–Trinajstić information content (AvgIpc) is 3.54. The number of furan rings is 1. The molecule has 1 saturated heterocycles. The fraction of sp³-hybridized carbons (Fsp3) is 0.486. The van der Waals surface area contributed by atoms with Gasteiger partial charge in [0.1, 0.15) is 23.2 Å². The first kappa shape index (κ1) is 37.3. The lowest BCUT2D eigenvalue weighted by atomic mass is 9.86. The smallest absolute Gasteiger partial charge is 0.417 e. The second-order valence-electron chi connectivity index (χ2n) is 12.9. The number of ether oxygens (including phenoxy) is 4. The first-order valence-corrected chi connectivity index (χ1v) is 17.1. The molecule has 1 aliphatic rings. The molecular formula is C37H46BrNO9. The molecule has 2 aromatic carbocycles. The molecule has 0 unspecified atom stereocenters. The van der Waals surface area contributed by atoms with Crippen molar-refractivity contribution in [3.8, 4) is 0 Å². The molecule has 4 atom stereocenters. The highest BCUT2D eigenvalue weighted by molar-refractivity contribution is 9.10. The number of aliphatic hydroxyl groups is 1. The maximum absolute atomic E-state index is 14.4. The van der Waals surface area contributed by atoms with E-state index in [0.29, 0.717) is 36.3 Å². The average molecular weight is 729 g/mol. The van der Waals surface area contributed by atoms with E-state index in [9.17, 15) is 19.5 Å². The summed E-state index contributed by atoms with van der Waals surface area (Å²) in [5.41, 5.74) is 0.944. The summed E-state index contributed by atoms with van der Waals surface area (Å²) in [5, 5.41) is 9.71. The second kappa shape index (κ2) is 17.2. The summed E-state index contributed by atoms with van der Waals surface area (Å²) in [5.74, 6) is -1.29. The Morgan fingerprint density at radius 3 is 2.29 bits per heavy atom. The number of rotatable bonds is 17. The van der Waals surface area contributed by atoms with Gasteiger partial charge in [-0.3, -0.25) is 9.59 Å². The number of cyclic esters (lactones) is 1. The molecule has 1 N–H and O–H groups in total. The molecule has 0 radical (unpaired) electrons. The number of amides is 2. The van der Waals surface area contributed by atoms with Gasteiger partial charge in [0.25, 0.3) is 0 Å². The third kappa shape index (κ3) is 9.78. The quantitative estimate of drug-likeness (QED) is 0.118. The number of nitrogens with zero attached hydrogens (tertiary/aromatic N) is 1. The van der Waals surface area contributed by atoms with Crippen LogP contribution in [0.1, 0.15) is 69.8 Å². The number of esters is 1. The zero-order valence-corrected chi connectivity index (χ0v) is 29.8.